The van der Waals surface area contributed by atoms with E-state index < -0.39 is 11.4 Å². The number of para-hydroxylation sites is 1. The van der Waals surface area contributed by atoms with Crippen LogP contribution in [0.5, 0.6) is 5.88 Å². The van der Waals surface area contributed by atoms with Gasteiger partial charge in [-0.3, -0.25) is 19.3 Å². The molecule has 1 atom stereocenters. The summed E-state index contributed by atoms with van der Waals surface area (Å²) in [5.41, 5.74) is -0.543. The van der Waals surface area contributed by atoms with Crippen LogP contribution in [0.4, 0.5) is 10.1 Å². The average molecular weight is 321 g/mol. The molecule has 2 rings (SSSR count). The highest BCUT2D eigenvalue weighted by molar-refractivity contribution is 7.71. The maximum atomic E-state index is 13.5. The summed E-state index contributed by atoms with van der Waals surface area (Å²) in [5, 5.41) is 10.3. The molecule has 0 aliphatic rings. The highest BCUT2D eigenvalue weighted by Gasteiger charge is 2.14. The number of rotatable bonds is 4. The average Bonchev–Trinajstić information content (AvgIpc) is 2.48. The van der Waals surface area contributed by atoms with E-state index in [1.165, 1.54) is 16.7 Å². The zero-order chi connectivity index (χ0) is 16.3. The van der Waals surface area contributed by atoms with Crippen molar-refractivity contribution in [3.05, 3.63) is 50.8 Å². The third-order valence-corrected chi connectivity index (χ3v) is 3.67. The Bertz CT molecular complexity index is 826. The fourth-order valence-corrected chi connectivity index (χ4v) is 2.31. The molecule has 0 saturated carbocycles. The number of aromatic amines is 1. The predicted octanol–water partition coefficient (Wildman–Crippen LogP) is 3.47. The van der Waals surface area contributed by atoms with E-state index in [9.17, 15) is 14.3 Å². The molecule has 22 heavy (non-hydrogen) atoms. The first-order valence-electron chi connectivity index (χ1n) is 6.82. The van der Waals surface area contributed by atoms with Gasteiger partial charge in [0.05, 0.1) is 5.69 Å². The lowest BCUT2D eigenvalue weighted by Crippen LogP contribution is -2.20. The number of benzene rings is 1. The number of aliphatic imine (C=N–C) groups is 1. The summed E-state index contributed by atoms with van der Waals surface area (Å²) in [7, 11) is 0. The van der Waals surface area contributed by atoms with Crippen molar-refractivity contribution in [3.8, 4) is 5.88 Å². The molecule has 2 N–H and O–H groups in total. The Hall–Kier alpha value is -2.28. The Balaban J connectivity index is 2.55. The third kappa shape index (κ3) is 3.14. The van der Waals surface area contributed by atoms with E-state index in [4.69, 9.17) is 12.2 Å². The second kappa shape index (κ2) is 6.65. The van der Waals surface area contributed by atoms with Crippen molar-refractivity contribution in [2.24, 2.45) is 4.99 Å². The summed E-state index contributed by atoms with van der Waals surface area (Å²) >= 11 is 5.07. The van der Waals surface area contributed by atoms with Crippen molar-refractivity contribution in [3.63, 3.8) is 0 Å². The number of aromatic nitrogens is 2. The Labute approximate surface area is 131 Å². The van der Waals surface area contributed by atoms with Crippen LogP contribution in [0.2, 0.25) is 0 Å². The van der Waals surface area contributed by atoms with Crippen molar-refractivity contribution >= 4 is 24.1 Å². The molecule has 0 aliphatic carbocycles. The number of aromatic hydroxyl groups is 1. The molecule has 0 radical (unpaired) electrons. The lowest BCUT2D eigenvalue weighted by molar-refractivity contribution is 0.371. The fraction of sp³-hybridized carbons (Fsp3) is 0.267. The summed E-state index contributed by atoms with van der Waals surface area (Å²) in [6.45, 7) is 3.80. The SMILES string of the molecule is CC[C@H](C)n1c(O)c(C=Nc2ccccc2F)c(=O)[nH]c1=S. The third-order valence-electron chi connectivity index (χ3n) is 3.37. The Kier molecular flexibility index (Phi) is 4.87. The van der Waals surface area contributed by atoms with Gasteiger partial charge in [-0.05, 0) is 37.7 Å². The molecular weight excluding hydrogens is 305 g/mol. The molecule has 1 aromatic heterocycles. The number of hydrogen-bond donors (Lipinski definition) is 2. The summed E-state index contributed by atoms with van der Waals surface area (Å²) in [5.74, 6) is -0.785. The van der Waals surface area contributed by atoms with Crippen molar-refractivity contribution in [1.29, 1.82) is 0 Å². The van der Waals surface area contributed by atoms with E-state index in [0.29, 0.717) is 0 Å². The van der Waals surface area contributed by atoms with Crippen LogP contribution in [0.3, 0.4) is 0 Å². The molecule has 0 saturated heterocycles. The van der Waals surface area contributed by atoms with Crippen molar-refractivity contribution in [2.45, 2.75) is 26.3 Å². The van der Waals surface area contributed by atoms with Gasteiger partial charge in [-0.15, -0.1) is 0 Å². The maximum absolute atomic E-state index is 13.5. The molecule has 0 spiro atoms. The van der Waals surface area contributed by atoms with Crippen LogP contribution >= 0.6 is 12.2 Å². The number of halogens is 1. The van der Waals surface area contributed by atoms with Gasteiger partial charge < -0.3 is 5.11 Å². The molecule has 0 amide bonds. The predicted molar refractivity (Wildman–Crippen MR) is 86.2 cm³/mol. The second-order valence-corrected chi connectivity index (χ2v) is 5.22. The minimum absolute atomic E-state index is 0.0582. The van der Waals surface area contributed by atoms with Gasteiger partial charge in [-0.2, -0.15) is 0 Å². The van der Waals surface area contributed by atoms with Crippen molar-refractivity contribution in [1.82, 2.24) is 9.55 Å². The van der Waals surface area contributed by atoms with E-state index in [2.05, 4.69) is 9.98 Å². The molecule has 1 heterocycles. The Morgan fingerprint density at radius 3 is 2.82 bits per heavy atom. The van der Waals surface area contributed by atoms with Gasteiger partial charge >= 0.3 is 0 Å². The van der Waals surface area contributed by atoms with Gasteiger partial charge in [-0.25, -0.2) is 4.39 Å². The lowest BCUT2D eigenvalue weighted by Gasteiger charge is -2.16. The highest BCUT2D eigenvalue weighted by atomic mass is 32.1. The first-order chi connectivity index (χ1) is 10.5. The standard InChI is InChI=1S/C15H16FN3O2S/c1-3-9(2)19-14(21)10(13(20)18-15(19)22)8-17-12-7-5-4-6-11(12)16/h4-9,21H,3H2,1-2H3,(H,18,20,22)/t9-/m0/s1. The Morgan fingerprint density at radius 1 is 1.50 bits per heavy atom. The Morgan fingerprint density at radius 2 is 2.18 bits per heavy atom. The van der Waals surface area contributed by atoms with Crippen LogP contribution in [0.25, 0.3) is 0 Å². The van der Waals surface area contributed by atoms with E-state index in [-0.39, 0.29) is 27.9 Å². The molecule has 0 bridgehead atoms. The van der Waals surface area contributed by atoms with E-state index in [1.54, 1.807) is 12.1 Å². The number of nitrogens with zero attached hydrogens (tertiary/aromatic N) is 2. The topological polar surface area (TPSA) is 70.4 Å². The van der Waals surface area contributed by atoms with E-state index in [1.807, 2.05) is 13.8 Å². The van der Waals surface area contributed by atoms with Gasteiger partial charge in [0.1, 0.15) is 11.4 Å². The largest absolute Gasteiger partial charge is 0.494 e. The molecule has 2 aromatic rings. The second-order valence-electron chi connectivity index (χ2n) is 4.83. The zero-order valence-corrected chi connectivity index (χ0v) is 13.0. The van der Waals surface area contributed by atoms with Crippen molar-refractivity contribution in [2.75, 3.05) is 0 Å². The minimum atomic E-state index is -0.567. The number of hydrogen-bond acceptors (Lipinski definition) is 4. The van der Waals surface area contributed by atoms with Crippen LogP contribution in [0, 0.1) is 10.6 Å². The first-order valence-corrected chi connectivity index (χ1v) is 7.23. The summed E-state index contributed by atoms with van der Waals surface area (Å²) < 4.78 is 15.1. The molecule has 0 aliphatic heterocycles. The lowest BCUT2D eigenvalue weighted by atomic mass is 10.2. The molecular formula is C15H16FN3O2S. The van der Waals surface area contributed by atoms with Crippen molar-refractivity contribution < 1.29 is 9.50 Å². The van der Waals surface area contributed by atoms with E-state index >= 15 is 0 Å². The van der Waals surface area contributed by atoms with E-state index in [0.717, 1.165) is 12.6 Å². The normalized spacial score (nSPS) is 12.7. The summed E-state index contributed by atoms with van der Waals surface area (Å²) in [6.07, 6.45) is 1.86. The minimum Gasteiger partial charge on any atom is -0.494 e. The van der Waals surface area contributed by atoms with Crippen LogP contribution in [0.1, 0.15) is 31.9 Å². The van der Waals surface area contributed by atoms with Gasteiger partial charge in [-0.1, -0.05) is 19.1 Å². The zero-order valence-electron chi connectivity index (χ0n) is 12.2. The summed E-state index contributed by atoms with van der Waals surface area (Å²) in [4.78, 5) is 18.4. The molecule has 5 nitrogen and oxygen atoms in total. The monoisotopic (exact) mass is 321 g/mol. The molecule has 1 aromatic carbocycles. The number of nitrogens with one attached hydrogen (secondary N) is 1. The van der Waals surface area contributed by atoms with Crippen LogP contribution < -0.4 is 5.56 Å². The summed E-state index contributed by atoms with van der Waals surface area (Å²) in [6, 6.07) is 5.82. The molecule has 7 heteroatoms. The molecule has 0 unspecified atom stereocenters. The van der Waals surface area contributed by atoms with Crippen LogP contribution in [-0.2, 0) is 0 Å². The van der Waals surface area contributed by atoms with Gasteiger partial charge in [0, 0.05) is 12.3 Å². The maximum Gasteiger partial charge on any atom is 0.264 e. The smallest absolute Gasteiger partial charge is 0.264 e. The number of H-pyrrole nitrogens is 1. The highest BCUT2D eigenvalue weighted by Crippen LogP contribution is 2.21. The van der Waals surface area contributed by atoms with Gasteiger partial charge in [0.25, 0.3) is 5.56 Å². The first kappa shape index (κ1) is 16.1. The van der Waals surface area contributed by atoms with Gasteiger partial charge in [0.2, 0.25) is 5.88 Å². The van der Waals surface area contributed by atoms with Crippen LogP contribution in [-0.4, -0.2) is 20.9 Å². The van der Waals surface area contributed by atoms with Gasteiger partial charge in [0.15, 0.2) is 4.77 Å². The molecule has 0 fully saturated rings. The molecule has 116 valence electrons. The van der Waals surface area contributed by atoms with Crippen LogP contribution in [0.15, 0.2) is 34.1 Å². The quantitative estimate of drug-likeness (QED) is 0.669. The fourth-order valence-electron chi connectivity index (χ4n) is 1.95.